The Morgan fingerprint density at radius 1 is 1.05 bits per heavy atom. The minimum Gasteiger partial charge on any atom is -0.339 e. The lowest BCUT2D eigenvalue weighted by molar-refractivity contribution is -0.119. The van der Waals surface area contributed by atoms with E-state index < -0.39 is 12.0 Å². The van der Waals surface area contributed by atoms with E-state index in [2.05, 4.69) is 25.7 Å². The third-order valence-electron chi connectivity index (χ3n) is 8.23. The number of aromatic nitrogens is 4. The summed E-state index contributed by atoms with van der Waals surface area (Å²) in [5.41, 5.74) is 3.58. The molecular formula is C30H35FN6O2. The van der Waals surface area contributed by atoms with Crippen molar-refractivity contribution in [2.24, 2.45) is 17.8 Å². The zero-order valence-corrected chi connectivity index (χ0v) is 22.7. The summed E-state index contributed by atoms with van der Waals surface area (Å²) >= 11 is 0. The molecule has 6 rings (SSSR count). The number of carbonyl (C=O) groups is 2. The average molecular weight is 531 g/mol. The van der Waals surface area contributed by atoms with Gasteiger partial charge in [-0.1, -0.05) is 0 Å². The zero-order chi connectivity index (χ0) is 27.3. The van der Waals surface area contributed by atoms with Crippen LogP contribution in [0.25, 0.3) is 11.1 Å². The molecule has 0 saturated heterocycles. The Labute approximate surface area is 227 Å². The topological polar surface area (TPSA) is 102 Å². The van der Waals surface area contributed by atoms with Crippen LogP contribution in [0.5, 0.6) is 0 Å². The van der Waals surface area contributed by atoms with E-state index in [4.69, 9.17) is 0 Å². The van der Waals surface area contributed by atoms with Crippen LogP contribution in [0, 0.1) is 30.6 Å². The first kappa shape index (κ1) is 25.6. The van der Waals surface area contributed by atoms with Gasteiger partial charge in [0.2, 0.25) is 11.9 Å². The van der Waals surface area contributed by atoms with Crippen LogP contribution < -0.4 is 10.6 Å². The van der Waals surface area contributed by atoms with Crippen molar-refractivity contribution >= 4 is 17.6 Å². The Hall–Kier alpha value is -3.62. The van der Waals surface area contributed by atoms with E-state index in [1.165, 1.54) is 0 Å². The lowest BCUT2D eigenvalue weighted by Gasteiger charge is -2.27. The van der Waals surface area contributed by atoms with Crippen molar-refractivity contribution in [3.63, 3.8) is 0 Å². The van der Waals surface area contributed by atoms with Gasteiger partial charge in [0.15, 0.2) is 0 Å². The third-order valence-corrected chi connectivity index (χ3v) is 8.23. The van der Waals surface area contributed by atoms with Gasteiger partial charge < -0.3 is 10.6 Å². The number of halogens is 1. The van der Waals surface area contributed by atoms with Gasteiger partial charge >= 0.3 is 0 Å². The van der Waals surface area contributed by atoms with E-state index in [1.54, 1.807) is 35.3 Å². The Morgan fingerprint density at radius 2 is 1.77 bits per heavy atom. The summed E-state index contributed by atoms with van der Waals surface area (Å²) in [7, 11) is 0. The van der Waals surface area contributed by atoms with E-state index in [0.717, 1.165) is 49.8 Å². The SMILES string of the molecule is Cc1ncc(-c2ccc(NC(=O)[C@@H](NC(=O)c3ccnn3C(C)C)C(C3CC3)C3CC3)nc2F)cc1C1CC1. The molecule has 0 aliphatic heterocycles. The van der Waals surface area contributed by atoms with Crippen molar-refractivity contribution in [1.29, 1.82) is 0 Å². The van der Waals surface area contributed by atoms with E-state index in [9.17, 15) is 9.59 Å². The number of rotatable bonds is 10. The first-order valence-electron chi connectivity index (χ1n) is 14.1. The second kappa shape index (κ2) is 10.2. The summed E-state index contributed by atoms with van der Waals surface area (Å²) in [4.78, 5) is 35.5. The standard InChI is InChI=1S/C30H35FN6O2/c1-16(2)37-24(12-13-33-37)29(38)36-27(26(19-6-7-19)20-8-9-20)30(39)35-25-11-10-22(28(31)34-25)21-14-23(18-4-5-18)17(3)32-15-21/h10-16,18-20,26-27H,4-9H2,1-3H3,(H,36,38)(H,34,35,39)/t27-/m0/s1. The molecule has 0 spiro atoms. The van der Waals surface area contributed by atoms with Crippen LogP contribution in [0.2, 0.25) is 0 Å². The molecule has 3 aliphatic carbocycles. The van der Waals surface area contributed by atoms with Gasteiger partial charge in [0.05, 0.1) is 0 Å². The number of amides is 2. The number of anilines is 1. The molecule has 204 valence electrons. The van der Waals surface area contributed by atoms with Crippen LogP contribution in [0.15, 0.2) is 36.7 Å². The van der Waals surface area contributed by atoms with Crippen molar-refractivity contribution in [2.75, 3.05) is 5.32 Å². The predicted octanol–water partition coefficient (Wildman–Crippen LogP) is 5.42. The van der Waals surface area contributed by atoms with Crippen LogP contribution in [0.3, 0.4) is 0 Å². The second-order valence-electron chi connectivity index (χ2n) is 11.7. The normalized spacial score (nSPS) is 17.9. The van der Waals surface area contributed by atoms with E-state index in [-0.39, 0.29) is 29.6 Å². The van der Waals surface area contributed by atoms with E-state index in [0.29, 0.717) is 34.6 Å². The maximum absolute atomic E-state index is 15.2. The molecule has 0 radical (unpaired) electrons. The maximum Gasteiger partial charge on any atom is 0.270 e. The molecule has 0 bridgehead atoms. The zero-order valence-electron chi connectivity index (χ0n) is 22.7. The van der Waals surface area contributed by atoms with Gasteiger partial charge in [-0.15, -0.1) is 0 Å². The maximum atomic E-state index is 15.2. The molecule has 9 heteroatoms. The largest absolute Gasteiger partial charge is 0.339 e. The molecule has 8 nitrogen and oxygen atoms in total. The fraction of sp³-hybridized carbons (Fsp3) is 0.500. The van der Waals surface area contributed by atoms with Gasteiger partial charge in [0.25, 0.3) is 5.91 Å². The lowest BCUT2D eigenvalue weighted by atomic mass is 9.88. The fourth-order valence-electron chi connectivity index (χ4n) is 5.78. The van der Waals surface area contributed by atoms with Crippen LogP contribution in [-0.2, 0) is 4.79 Å². The van der Waals surface area contributed by atoms with Gasteiger partial charge in [-0.25, -0.2) is 4.98 Å². The number of nitrogens with one attached hydrogen (secondary N) is 2. The quantitative estimate of drug-likeness (QED) is 0.341. The van der Waals surface area contributed by atoms with E-state index in [1.807, 2.05) is 26.8 Å². The Morgan fingerprint density at radius 3 is 2.38 bits per heavy atom. The Bertz CT molecular complexity index is 1390. The Balaban J connectivity index is 1.23. The molecule has 3 saturated carbocycles. The summed E-state index contributed by atoms with van der Waals surface area (Å²) in [5, 5.41) is 10.1. The predicted molar refractivity (Wildman–Crippen MR) is 146 cm³/mol. The van der Waals surface area contributed by atoms with Crippen molar-refractivity contribution in [3.8, 4) is 11.1 Å². The highest BCUT2D eigenvalue weighted by Gasteiger charge is 2.48. The molecule has 1 atom stereocenters. The monoisotopic (exact) mass is 530 g/mol. The average Bonchev–Trinajstić information content (AvgIpc) is 3.75. The summed E-state index contributed by atoms with van der Waals surface area (Å²) < 4.78 is 16.9. The lowest BCUT2D eigenvalue weighted by Crippen LogP contribution is -2.50. The van der Waals surface area contributed by atoms with Crippen LogP contribution >= 0.6 is 0 Å². The smallest absolute Gasteiger partial charge is 0.270 e. The molecule has 3 aromatic heterocycles. The number of carbonyl (C=O) groups excluding carboxylic acids is 2. The van der Waals surface area contributed by atoms with Gasteiger partial charge in [-0.05, 0) is 113 Å². The molecule has 39 heavy (non-hydrogen) atoms. The minimum atomic E-state index is -0.736. The molecule has 2 amide bonds. The fourth-order valence-corrected chi connectivity index (χ4v) is 5.78. The first-order chi connectivity index (χ1) is 18.8. The van der Waals surface area contributed by atoms with Gasteiger partial charge in [-0.3, -0.25) is 19.3 Å². The summed E-state index contributed by atoms with van der Waals surface area (Å²) in [6.45, 7) is 5.88. The summed E-state index contributed by atoms with van der Waals surface area (Å²) in [6, 6.07) is 6.18. The number of aryl methyl sites for hydroxylation is 1. The number of hydrogen-bond donors (Lipinski definition) is 2. The number of nitrogens with zero attached hydrogens (tertiary/aromatic N) is 4. The molecule has 3 aliphatic rings. The Kier molecular flexibility index (Phi) is 6.69. The van der Waals surface area contributed by atoms with Crippen LogP contribution in [0.1, 0.15) is 86.1 Å². The van der Waals surface area contributed by atoms with Crippen molar-refractivity contribution < 1.29 is 14.0 Å². The molecular weight excluding hydrogens is 495 g/mol. The molecule has 2 N–H and O–H groups in total. The van der Waals surface area contributed by atoms with Crippen LogP contribution in [-0.4, -0.2) is 37.6 Å². The molecule has 3 fully saturated rings. The van der Waals surface area contributed by atoms with Crippen molar-refractivity contribution in [1.82, 2.24) is 25.1 Å². The second-order valence-corrected chi connectivity index (χ2v) is 11.7. The van der Waals surface area contributed by atoms with Crippen LogP contribution in [0.4, 0.5) is 10.2 Å². The van der Waals surface area contributed by atoms with Gasteiger partial charge in [-0.2, -0.15) is 9.49 Å². The highest BCUT2D eigenvalue weighted by molar-refractivity contribution is 6.00. The molecule has 0 aromatic carbocycles. The molecule has 0 unspecified atom stereocenters. The van der Waals surface area contributed by atoms with Crippen molar-refractivity contribution in [3.05, 3.63) is 59.6 Å². The summed E-state index contributed by atoms with van der Waals surface area (Å²) in [5.74, 6) is 0.131. The highest BCUT2D eigenvalue weighted by atomic mass is 19.1. The summed E-state index contributed by atoms with van der Waals surface area (Å²) in [6.07, 6.45) is 9.76. The van der Waals surface area contributed by atoms with Crippen molar-refractivity contribution in [2.45, 2.75) is 77.3 Å². The number of pyridine rings is 2. The molecule has 3 aromatic rings. The van der Waals surface area contributed by atoms with E-state index >= 15 is 4.39 Å². The third kappa shape index (κ3) is 5.44. The first-order valence-corrected chi connectivity index (χ1v) is 14.1. The van der Waals surface area contributed by atoms with Gasteiger partial charge in [0.1, 0.15) is 17.6 Å². The number of hydrogen-bond acceptors (Lipinski definition) is 5. The minimum absolute atomic E-state index is 0.00506. The highest BCUT2D eigenvalue weighted by Crippen LogP contribution is 2.51. The molecule has 3 heterocycles. The van der Waals surface area contributed by atoms with Gasteiger partial charge in [0, 0.05) is 35.3 Å².